The van der Waals surface area contributed by atoms with Crippen LogP contribution in [0.15, 0.2) is 24.3 Å². The molecule has 0 aromatic heterocycles. The van der Waals surface area contributed by atoms with Crippen LogP contribution in [0, 0.1) is 5.92 Å². The summed E-state index contributed by atoms with van der Waals surface area (Å²) in [6.45, 7) is 8.03. The zero-order valence-corrected chi connectivity index (χ0v) is 17.5. The number of amides is 2. The maximum atomic E-state index is 12.2. The van der Waals surface area contributed by atoms with Crippen molar-refractivity contribution in [3.8, 4) is 0 Å². The fourth-order valence-electron chi connectivity index (χ4n) is 3.17. The lowest BCUT2D eigenvalue weighted by Gasteiger charge is -2.35. The van der Waals surface area contributed by atoms with Gasteiger partial charge in [-0.1, -0.05) is 26.0 Å². The Kier molecular flexibility index (Phi) is 8.73. The molecule has 1 atom stereocenters. The number of nitrogens with zero attached hydrogens (tertiary/aromatic N) is 2. The molecule has 1 fully saturated rings. The smallest absolute Gasteiger partial charge is 0.309 e. The molecule has 0 saturated carbocycles. The van der Waals surface area contributed by atoms with Gasteiger partial charge in [-0.05, 0) is 30.0 Å². The predicted molar refractivity (Wildman–Crippen MR) is 111 cm³/mol. The van der Waals surface area contributed by atoms with Crippen LogP contribution in [-0.2, 0) is 14.3 Å². The zero-order valence-electron chi connectivity index (χ0n) is 17.5. The van der Waals surface area contributed by atoms with Crippen molar-refractivity contribution in [2.75, 3.05) is 58.4 Å². The SMILES string of the molecule is CC(C)CCNC(=O)C(=O)NCC(c1ccc(N(C)C)cc1)N1CCOCC1. The normalized spacial score (nSPS) is 15.9. The first-order valence-corrected chi connectivity index (χ1v) is 10.0. The number of benzene rings is 1. The van der Waals surface area contributed by atoms with Crippen LogP contribution in [0.1, 0.15) is 31.9 Å². The molecule has 1 aliphatic rings. The molecule has 156 valence electrons. The Bertz CT molecular complexity index is 625. The van der Waals surface area contributed by atoms with E-state index in [1.54, 1.807) is 0 Å². The molecule has 7 heteroatoms. The molecule has 2 rings (SSSR count). The summed E-state index contributed by atoms with van der Waals surface area (Å²) < 4.78 is 5.46. The first-order chi connectivity index (χ1) is 13.4. The van der Waals surface area contributed by atoms with Crippen molar-refractivity contribution < 1.29 is 14.3 Å². The van der Waals surface area contributed by atoms with E-state index in [4.69, 9.17) is 4.74 Å². The van der Waals surface area contributed by atoms with E-state index in [1.807, 2.05) is 14.1 Å². The Labute approximate surface area is 168 Å². The number of nitrogens with one attached hydrogen (secondary N) is 2. The molecular weight excluding hydrogens is 356 g/mol. The molecule has 1 heterocycles. The molecule has 1 aromatic carbocycles. The average Bonchev–Trinajstić information content (AvgIpc) is 2.68. The van der Waals surface area contributed by atoms with E-state index in [2.05, 4.69) is 58.5 Å². The van der Waals surface area contributed by atoms with Crippen LogP contribution in [0.5, 0.6) is 0 Å². The molecule has 7 nitrogen and oxygen atoms in total. The maximum absolute atomic E-state index is 12.2. The molecule has 2 N–H and O–H groups in total. The van der Waals surface area contributed by atoms with Crippen LogP contribution in [0.2, 0.25) is 0 Å². The van der Waals surface area contributed by atoms with Crippen LogP contribution >= 0.6 is 0 Å². The van der Waals surface area contributed by atoms with Crippen LogP contribution in [-0.4, -0.2) is 70.2 Å². The molecule has 0 radical (unpaired) electrons. The molecular formula is C21H34N4O3. The molecule has 2 amide bonds. The molecule has 1 aromatic rings. The summed E-state index contributed by atoms with van der Waals surface area (Å²) in [6.07, 6.45) is 0.855. The fraction of sp³-hybridized carbons (Fsp3) is 0.619. The van der Waals surface area contributed by atoms with Crippen molar-refractivity contribution in [2.45, 2.75) is 26.3 Å². The zero-order chi connectivity index (χ0) is 20.5. The van der Waals surface area contributed by atoms with E-state index in [9.17, 15) is 9.59 Å². The minimum absolute atomic E-state index is 0.00697. The Morgan fingerprint density at radius 1 is 1.07 bits per heavy atom. The van der Waals surface area contributed by atoms with Gasteiger partial charge in [0.2, 0.25) is 0 Å². The standard InChI is InChI=1S/C21H34N4O3/c1-16(2)9-10-22-20(26)21(27)23-15-19(25-11-13-28-14-12-25)17-5-7-18(8-6-17)24(3)4/h5-8,16,19H,9-15H2,1-4H3,(H,22,26)(H,23,27). The minimum atomic E-state index is -0.577. The topological polar surface area (TPSA) is 73.9 Å². The van der Waals surface area contributed by atoms with Gasteiger partial charge in [0.25, 0.3) is 0 Å². The lowest BCUT2D eigenvalue weighted by atomic mass is 10.0. The van der Waals surface area contributed by atoms with Crippen LogP contribution < -0.4 is 15.5 Å². The molecule has 28 heavy (non-hydrogen) atoms. The van der Waals surface area contributed by atoms with Crippen molar-refractivity contribution in [3.63, 3.8) is 0 Å². The Morgan fingerprint density at radius 3 is 2.25 bits per heavy atom. The Balaban J connectivity index is 1.99. The van der Waals surface area contributed by atoms with Gasteiger partial charge in [-0.3, -0.25) is 14.5 Å². The molecule has 0 aliphatic carbocycles. The summed E-state index contributed by atoms with van der Waals surface area (Å²) in [5.74, 6) is -0.657. The largest absolute Gasteiger partial charge is 0.379 e. The van der Waals surface area contributed by atoms with Crippen molar-refractivity contribution in [1.29, 1.82) is 0 Å². The monoisotopic (exact) mass is 390 g/mol. The summed E-state index contributed by atoms with van der Waals surface area (Å²) in [5, 5.41) is 5.50. The highest BCUT2D eigenvalue weighted by Crippen LogP contribution is 2.23. The van der Waals surface area contributed by atoms with E-state index in [0.29, 0.717) is 32.2 Å². The number of anilines is 1. The summed E-state index contributed by atoms with van der Waals surface area (Å²) in [6, 6.07) is 8.33. The minimum Gasteiger partial charge on any atom is -0.379 e. The second kappa shape index (κ2) is 11.0. The van der Waals surface area contributed by atoms with Gasteiger partial charge in [0.15, 0.2) is 0 Å². The van der Waals surface area contributed by atoms with Crippen LogP contribution in [0.25, 0.3) is 0 Å². The molecule has 1 aliphatic heterocycles. The number of morpholine rings is 1. The van der Waals surface area contributed by atoms with E-state index in [-0.39, 0.29) is 6.04 Å². The summed E-state index contributed by atoms with van der Waals surface area (Å²) >= 11 is 0. The third-order valence-electron chi connectivity index (χ3n) is 4.95. The van der Waals surface area contributed by atoms with Gasteiger partial charge in [-0.15, -0.1) is 0 Å². The van der Waals surface area contributed by atoms with Gasteiger partial charge < -0.3 is 20.3 Å². The van der Waals surface area contributed by atoms with Crippen molar-refractivity contribution in [1.82, 2.24) is 15.5 Å². The van der Waals surface area contributed by atoms with E-state index in [1.165, 1.54) is 0 Å². The number of hydrogen-bond donors (Lipinski definition) is 2. The first kappa shape index (κ1) is 22.2. The number of rotatable bonds is 8. The average molecular weight is 391 g/mol. The van der Waals surface area contributed by atoms with Gasteiger partial charge in [-0.25, -0.2) is 0 Å². The number of hydrogen-bond acceptors (Lipinski definition) is 5. The number of carbonyl (C=O) groups is 2. The van der Waals surface area contributed by atoms with Gasteiger partial charge in [0.05, 0.1) is 19.3 Å². The highest BCUT2D eigenvalue weighted by atomic mass is 16.5. The highest BCUT2D eigenvalue weighted by Gasteiger charge is 2.24. The Morgan fingerprint density at radius 2 is 1.68 bits per heavy atom. The number of carbonyl (C=O) groups excluding carboxylic acids is 2. The quantitative estimate of drug-likeness (QED) is 0.657. The van der Waals surface area contributed by atoms with Gasteiger partial charge in [0, 0.05) is 46.0 Å². The van der Waals surface area contributed by atoms with Gasteiger partial charge >= 0.3 is 11.8 Å². The van der Waals surface area contributed by atoms with Crippen molar-refractivity contribution in [2.24, 2.45) is 5.92 Å². The summed E-state index contributed by atoms with van der Waals surface area (Å²) in [7, 11) is 4.01. The van der Waals surface area contributed by atoms with E-state index < -0.39 is 11.8 Å². The second-order valence-electron chi connectivity index (χ2n) is 7.80. The molecule has 0 spiro atoms. The fourth-order valence-corrected chi connectivity index (χ4v) is 3.17. The highest BCUT2D eigenvalue weighted by molar-refractivity contribution is 6.35. The third kappa shape index (κ3) is 6.80. The summed E-state index contributed by atoms with van der Waals surface area (Å²) in [4.78, 5) is 28.6. The number of ether oxygens (including phenoxy) is 1. The van der Waals surface area contributed by atoms with E-state index in [0.717, 1.165) is 30.8 Å². The Hall–Kier alpha value is -2.12. The van der Waals surface area contributed by atoms with Crippen molar-refractivity contribution >= 4 is 17.5 Å². The molecule has 1 saturated heterocycles. The van der Waals surface area contributed by atoms with Crippen molar-refractivity contribution in [3.05, 3.63) is 29.8 Å². The lowest BCUT2D eigenvalue weighted by molar-refractivity contribution is -0.139. The maximum Gasteiger partial charge on any atom is 0.309 e. The second-order valence-corrected chi connectivity index (χ2v) is 7.80. The van der Waals surface area contributed by atoms with Crippen LogP contribution in [0.3, 0.4) is 0 Å². The lowest BCUT2D eigenvalue weighted by Crippen LogP contribution is -2.46. The predicted octanol–water partition coefficient (Wildman–Crippen LogP) is 1.40. The van der Waals surface area contributed by atoms with Gasteiger partial charge in [-0.2, -0.15) is 0 Å². The molecule has 1 unspecified atom stereocenters. The first-order valence-electron chi connectivity index (χ1n) is 10.0. The third-order valence-corrected chi connectivity index (χ3v) is 4.95. The summed E-state index contributed by atoms with van der Waals surface area (Å²) in [5.41, 5.74) is 2.24. The molecule has 0 bridgehead atoms. The van der Waals surface area contributed by atoms with E-state index >= 15 is 0 Å². The van der Waals surface area contributed by atoms with Crippen LogP contribution in [0.4, 0.5) is 5.69 Å². The van der Waals surface area contributed by atoms with Gasteiger partial charge in [0.1, 0.15) is 0 Å².